The van der Waals surface area contributed by atoms with Gasteiger partial charge in [-0.2, -0.15) is 0 Å². The van der Waals surface area contributed by atoms with Crippen LogP contribution in [0.3, 0.4) is 0 Å². The highest BCUT2D eigenvalue weighted by atomic mass is 32.1. The van der Waals surface area contributed by atoms with Crippen LogP contribution in [0.4, 0.5) is 0 Å². The molecule has 2 aromatic heterocycles. The number of benzene rings is 1. The van der Waals surface area contributed by atoms with E-state index in [2.05, 4.69) is 27.5 Å². The highest BCUT2D eigenvalue weighted by Crippen LogP contribution is 2.23. The number of hydrogen-bond donors (Lipinski definition) is 0. The van der Waals surface area contributed by atoms with Crippen molar-refractivity contribution >= 4 is 11.3 Å². The van der Waals surface area contributed by atoms with Crippen LogP contribution in [0.25, 0.3) is 10.6 Å². The average Bonchev–Trinajstić information content (AvgIpc) is 3.02. The summed E-state index contributed by atoms with van der Waals surface area (Å²) in [5.41, 5.74) is 2.25. The van der Waals surface area contributed by atoms with Gasteiger partial charge in [0.15, 0.2) is 0 Å². The molecule has 0 N–H and O–H groups in total. The minimum atomic E-state index is 0.781. The van der Waals surface area contributed by atoms with Gasteiger partial charge in [-0.25, -0.2) is 9.97 Å². The van der Waals surface area contributed by atoms with Crippen LogP contribution < -0.4 is 0 Å². The first-order valence-electron chi connectivity index (χ1n) is 5.37. The van der Waals surface area contributed by atoms with E-state index in [1.165, 1.54) is 5.56 Å². The fourth-order valence-electron chi connectivity index (χ4n) is 1.66. The van der Waals surface area contributed by atoms with Gasteiger partial charge in [-0.1, -0.05) is 30.3 Å². The van der Waals surface area contributed by atoms with Crippen molar-refractivity contribution in [3.63, 3.8) is 0 Å². The molecule has 0 fully saturated rings. The molecule has 84 valence electrons. The summed E-state index contributed by atoms with van der Waals surface area (Å²) >= 11 is 1.68. The van der Waals surface area contributed by atoms with Crippen LogP contribution in [0.5, 0.6) is 0 Å². The van der Waals surface area contributed by atoms with Gasteiger partial charge >= 0.3 is 0 Å². The molecule has 0 radical (unpaired) electrons. The lowest BCUT2D eigenvalue weighted by Crippen LogP contribution is -1.96. The number of rotatable bonds is 3. The number of aromatic nitrogens is 3. The maximum Gasteiger partial charge on any atom is 0.123 e. The summed E-state index contributed by atoms with van der Waals surface area (Å²) in [6, 6.07) is 10.3. The van der Waals surface area contributed by atoms with Crippen LogP contribution in [0.15, 0.2) is 54.4 Å². The van der Waals surface area contributed by atoms with E-state index in [4.69, 9.17) is 0 Å². The second kappa shape index (κ2) is 4.51. The van der Waals surface area contributed by atoms with Crippen LogP contribution in [0.1, 0.15) is 5.69 Å². The Morgan fingerprint density at radius 3 is 2.82 bits per heavy atom. The lowest BCUT2D eigenvalue weighted by molar-refractivity contribution is 0.779. The zero-order valence-electron chi connectivity index (χ0n) is 9.15. The smallest absolute Gasteiger partial charge is 0.123 e. The third-order valence-electron chi connectivity index (χ3n) is 2.48. The minimum Gasteiger partial charge on any atom is -0.331 e. The van der Waals surface area contributed by atoms with E-state index in [0.29, 0.717) is 0 Å². The number of thiazole rings is 1. The maximum atomic E-state index is 4.63. The topological polar surface area (TPSA) is 30.7 Å². The minimum absolute atomic E-state index is 0.781. The molecule has 3 rings (SSSR count). The van der Waals surface area contributed by atoms with E-state index >= 15 is 0 Å². The predicted molar refractivity (Wildman–Crippen MR) is 68.9 cm³/mol. The monoisotopic (exact) mass is 241 g/mol. The first-order valence-corrected chi connectivity index (χ1v) is 6.25. The number of imidazole rings is 1. The molecule has 0 unspecified atom stereocenters. The molecule has 4 heteroatoms. The Hall–Kier alpha value is -1.94. The summed E-state index contributed by atoms with van der Waals surface area (Å²) in [5, 5.41) is 3.17. The molecule has 0 saturated carbocycles. The van der Waals surface area contributed by atoms with Crippen molar-refractivity contribution in [1.82, 2.24) is 14.5 Å². The van der Waals surface area contributed by atoms with Crippen molar-refractivity contribution in [3.05, 3.63) is 60.1 Å². The molecule has 0 aliphatic rings. The molecule has 0 atom stereocenters. The summed E-state index contributed by atoms with van der Waals surface area (Å²) in [6.45, 7) is 0.781. The van der Waals surface area contributed by atoms with E-state index in [1.54, 1.807) is 17.5 Å². The Morgan fingerprint density at radius 2 is 2.06 bits per heavy atom. The summed E-state index contributed by atoms with van der Waals surface area (Å²) in [5.74, 6) is 0. The lowest BCUT2D eigenvalue weighted by Gasteiger charge is -1.97. The Bertz CT molecular complexity index is 584. The van der Waals surface area contributed by atoms with E-state index in [-0.39, 0.29) is 0 Å². The molecular weight excluding hydrogens is 230 g/mol. The van der Waals surface area contributed by atoms with Gasteiger partial charge in [-0.05, 0) is 0 Å². The Kier molecular flexibility index (Phi) is 2.71. The first kappa shape index (κ1) is 10.2. The summed E-state index contributed by atoms with van der Waals surface area (Å²) in [4.78, 5) is 8.65. The second-order valence-corrected chi connectivity index (χ2v) is 4.60. The van der Waals surface area contributed by atoms with Crippen LogP contribution >= 0.6 is 11.3 Å². The highest BCUT2D eigenvalue weighted by molar-refractivity contribution is 7.13. The summed E-state index contributed by atoms with van der Waals surface area (Å²) < 4.78 is 2.02. The van der Waals surface area contributed by atoms with Gasteiger partial charge in [0, 0.05) is 23.3 Å². The quantitative estimate of drug-likeness (QED) is 0.705. The van der Waals surface area contributed by atoms with Crippen LogP contribution in [0, 0.1) is 0 Å². The van der Waals surface area contributed by atoms with Crippen molar-refractivity contribution in [2.75, 3.05) is 0 Å². The molecule has 3 aromatic rings. The Balaban J connectivity index is 1.84. The van der Waals surface area contributed by atoms with Crippen LogP contribution in [0.2, 0.25) is 0 Å². The molecule has 0 bridgehead atoms. The Morgan fingerprint density at radius 1 is 1.18 bits per heavy atom. The second-order valence-electron chi connectivity index (χ2n) is 3.75. The van der Waals surface area contributed by atoms with Crippen molar-refractivity contribution in [2.45, 2.75) is 6.54 Å². The van der Waals surface area contributed by atoms with Crippen LogP contribution in [-0.4, -0.2) is 14.5 Å². The number of hydrogen-bond acceptors (Lipinski definition) is 3. The molecule has 17 heavy (non-hydrogen) atoms. The highest BCUT2D eigenvalue weighted by Gasteiger charge is 2.04. The van der Waals surface area contributed by atoms with Crippen molar-refractivity contribution in [1.29, 1.82) is 0 Å². The SMILES string of the molecule is c1ccc(-c2nc(Cn3ccnc3)cs2)cc1. The molecule has 0 amide bonds. The standard InChI is InChI=1S/C13H11N3S/c1-2-4-11(5-3-1)13-15-12(9-17-13)8-16-7-6-14-10-16/h1-7,9-10H,8H2. The van der Waals surface area contributed by atoms with E-state index in [9.17, 15) is 0 Å². The normalized spacial score (nSPS) is 10.6. The van der Waals surface area contributed by atoms with Crippen LogP contribution in [-0.2, 0) is 6.54 Å². The third-order valence-corrected chi connectivity index (χ3v) is 3.42. The maximum absolute atomic E-state index is 4.63. The predicted octanol–water partition coefficient (Wildman–Crippen LogP) is 3.05. The molecule has 3 nitrogen and oxygen atoms in total. The molecular formula is C13H11N3S. The van der Waals surface area contributed by atoms with Gasteiger partial charge in [0.1, 0.15) is 5.01 Å². The molecule has 2 heterocycles. The molecule has 1 aromatic carbocycles. The largest absolute Gasteiger partial charge is 0.331 e. The molecule has 0 aliphatic heterocycles. The van der Waals surface area contributed by atoms with E-state index < -0.39 is 0 Å². The first-order chi connectivity index (χ1) is 8.42. The third kappa shape index (κ3) is 2.26. The molecule has 0 saturated heterocycles. The van der Waals surface area contributed by atoms with E-state index in [0.717, 1.165) is 17.2 Å². The van der Waals surface area contributed by atoms with Crippen molar-refractivity contribution < 1.29 is 0 Å². The fraction of sp³-hybridized carbons (Fsp3) is 0.0769. The number of nitrogens with zero attached hydrogens (tertiary/aromatic N) is 3. The zero-order chi connectivity index (χ0) is 11.5. The lowest BCUT2D eigenvalue weighted by atomic mass is 10.2. The van der Waals surface area contributed by atoms with Crippen molar-refractivity contribution in [3.8, 4) is 10.6 Å². The van der Waals surface area contributed by atoms with E-state index in [1.807, 2.05) is 35.3 Å². The average molecular weight is 241 g/mol. The van der Waals surface area contributed by atoms with Gasteiger partial charge in [0.2, 0.25) is 0 Å². The zero-order valence-corrected chi connectivity index (χ0v) is 9.97. The Labute approximate surface area is 103 Å². The van der Waals surface area contributed by atoms with Gasteiger partial charge in [0.25, 0.3) is 0 Å². The van der Waals surface area contributed by atoms with Gasteiger partial charge < -0.3 is 4.57 Å². The van der Waals surface area contributed by atoms with Crippen molar-refractivity contribution in [2.24, 2.45) is 0 Å². The summed E-state index contributed by atoms with van der Waals surface area (Å²) in [6.07, 6.45) is 5.54. The van der Waals surface area contributed by atoms with Gasteiger partial charge in [-0.3, -0.25) is 0 Å². The summed E-state index contributed by atoms with van der Waals surface area (Å²) in [7, 11) is 0. The molecule has 0 spiro atoms. The fourth-order valence-corrected chi connectivity index (χ4v) is 2.48. The molecule has 0 aliphatic carbocycles. The van der Waals surface area contributed by atoms with Gasteiger partial charge in [0.05, 0.1) is 18.6 Å². The van der Waals surface area contributed by atoms with Gasteiger partial charge in [-0.15, -0.1) is 11.3 Å².